The maximum Gasteiger partial charge on any atom is 0.273 e. The van der Waals surface area contributed by atoms with Crippen LogP contribution < -0.4 is 10.1 Å². The molecule has 0 saturated carbocycles. The van der Waals surface area contributed by atoms with Crippen LogP contribution in [0.15, 0.2) is 30.7 Å². The van der Waals surface area contributed by atoms with Crippen molar-refractivity contribution in [3.05, 3.63) is 52.6 Å². The summed E-state index contributed by atoms with van der Waals surface area (Å²) in [6.45, 7) is 4.53. The van der Waals surface area contributed by atoms with Gasteiger partial charge in [0.2, 0.25) is 5.88 Å². The van der Waals surface area contributed by atoms with Gasteiger partial charge >= 0.3 is 0 Å². The van der Waals surface area contributed by atoms with Crippen LogP contribution in [-0.4, -0.2) is 32.1 Å². The van der Waals surface area contributed by atoms with E-state index in [4.69, 9.17) is 16.3 Å². The average Bonchev–Trinajstić information content (AvgIpc) is 2.90. The third-order valence-electron chi connectivity index (χ3n) is 3.33. The minimum absolute atomic E-state index is 0.136. The van der Waals surface area contributed by atoms with Gasteiger partial charge < -0.3 is 10.1 Å². The molecule has 0 bridgehead atoms. The standard InChI is InChI=1S/C16H16ClN5O2/c1-3-24-16-11(5-4-6-18-16)8-20-15(23)13-12(17)14-19-7-10(2)9-22(14)21-13/h4-7,9H,3,8H2,1-2H3,(H,20,23). The van der Waals surface area contributed by atoms with Crippen molar-refractivity contribution in [2.24, 2.45) is 0 Å². The largest absolute Gasteiger partial charge is 0.478 e. The molecule has 0 aliphatic carbocycles. The minimum atomic E-state index is -0.380. The van der Waals surface area contributed by atoms with Crippen molar-refractivity contribution in [1.29, 1.82) is 0 Å². The number of carbonyl (C=O) groups excluding carboxylic acids is 1. The zero-order valence-corrected chi connectivity index (χ0v) is 14.0. The zero-order valence-electron chi connectivity index (χ0n) is 13.3. The molecular formula is C16H16ClN5O2. The van der Waals surface area contributed by atoms with E-state index in [1.54, 1.807) is 24.7 Å². The van der Waals surface area contributed by atoms with E-state index in [2.05, 4.69) is 20.4 Å². The third kappa shape index (κ3) is 3.16. The summed E-state index contributed by atoms with van der Waals surface area (Å²) < 4.78 is 6.94. The summed E-state index contributed by atoms with van der Waals surface area (Å²) in [5.74, 6) is 0.119. The van der Waals surface area contributed by atoms with Crippen LogP contribution in [0.2, 0.25) is 5.02 Å². The summed E-state index contributed by atoms with van der Waals surface area (Å²) in [4.78, 5) is 20.8. The summed E-state index contributed by atoms with van der Waals surface area (Å²) in [7, 11) is 0. The maximum atomic E-state index is 12.4. The minimum Gasteiger partial charge on any atom is -0.478 e. The summed E-state index contributed by atoms with van der Waals surface area (Å²) in [5.41, 5.74) is 2.28. The second-order valence-electron chi connectivity index (χ2n) is 5.15. The fourth-order valence-corrected chi connectivity index (χ4v) is 2.49. The number of aromatic nitrogens is 4. The molecule has 0 radical (unpaired) electrons. The Morgan fingerprint density at radius 3 is 3.04 bits per heavy atom. The number of carbonyl (C=O) groups is 1. The van der Waals surface area contributed by atoms with Crippen LogP contribution in [-0.2, 0) is 6.54 Å². The SMILES string of the molecule is CCOc1ncccc1CNC(=O)c1nn2cc(C)cnc2c1Cl. The highest BCUT2D eigenvalue weighted by molar-refractivity contribution is 6.36. The van der Waals surface area contributed by atoms with E-state index >= 15 is 0 Å². The predicted molar refractivity (Wildman–Crippen MR) is 89.3 cm³/mol. The molecule has 1 N–H and O–H groups in total. The van der Waals surface area contributed by atoms with Gasteiger partial charge in [0.15, 0.2) is 11.3 Å². The lowest BCUT2D eigenvalue weighted by Crippen LogP contribution is -2.24. The van der Waals surface area contributed by atoms with Crippen molar-refractivity contribution >= 4 is 23.2 Å². The third-order valence-corrected chi connectivity index (χ3v) is 3.68. The highest BCUT2D eigenvalue weighted by Crippen LogP contribution is 2.21. The number of amides is 1. The average molecular weight is 346 g/mol. The molecular weight excluding hydrogens is 330 g/mol. The number of halogens is 1. The molecule has 7 nitrogen and oxygen atoms in total. The molecule has 0 spiro atoms. The van der Waals surface area contributed by atoms with Gasteiger partial charge in [-0.3, -0.25) is 4.79 Å². The molecule has 3 aromatic heterocycles. The van der Waals surface area contributed by atoms with E-state index in [9.17, 15) is 4.79 Å². The number of rotatable bonds is 5. The molecule has 0 fully saturated rings. The van der Waals surface area contributed by atoms with E-state index in [0.717, 1.165) is 11.1 Å². The number of fused-ring (bicyclic) bond motifs is 1. The van der Waals surface area contributed by atoms with Crippen molar-refractivity contribution in [3.8, 4) is 5.88 Å². The number of hydrogen-bond donors (Lipinski definition) is 1. The van der Waals surface area contributed by atoms with Gasteiger partial charge in [-0.25, -0.2) is 14.5 Å². The Morgan fingerprint density at radius 2 is 2.25 bits per heavy atom. The van der Waals surface area contributed by atoms with E-state index in [0.29, 0.717) is 18.1 Å². The number of ether oxygens (including phenoxy) is 1. The van der Waals surface area contributed by atoms with Gasteiger partial charge in [-0.2, -0.15) is 5.10 Å². The summed E-state index contributed by atoms with van der Waals surface area (Å²) >= 11 is 6.22. The van der Waals surface area contributed by atoms with Gasteiger partial charge in [-0.15, -0.1) is 0 Å². The number of nitrogens with one attached hydrogen (secondary N) is 1. The van der Waals surface area contributed by atoms with Crippen LogP contribution in [0.5, 0.6) is 5.88 Å². The lowest BCUT2D eigenvalue weighted by molar-refractivity contribution is 0.0945. The second-order valence-corrected chi connectivity index (χ2v) is 5.52. The van der Waals surface area contributed by atoms with Crippen molar-refractivity contribution in [2.75, 3.05) is 6.61 Å². The van der Waals surface area contributed by atoms with E-state index in [1.807, 2.05) is 19.9 Å². The lowest BCUT2D eigenvalue weighted by atomic mass is 10.2. The zero-order chi connectivity index (χ0) is 17.1. The Kier molecular flexibility index (Phi) is 4.61. The highest BCUT2D eigenvalue weighted by Gasteiger charge is 2.19. The number of pyridine rings is 1. The predicted octanol–water partition coefficient (Wildman–Crippen LogP) is 2.41. The first-order valence-corrected chi connectivity index (χ1v) is 7.83. The molecule has 3 heterocycles. The molecule has 8 heteroatoms. The van der Waals surface area contributed by atoms with Gasteiger partial charge in [-0.1, -0.05) is 17.7 Å². The molecule has 24 heavy (non-hydrogen) atoms. The first-order valence-electron chi connectivity index (χ1n) is 7.45. The molecule has 0 unspecified atom stereocenters. The van der Waals surface area contributed by atoms with Crippen molar-refractivity contribution < 1.29 is 9.53 Å². The molecule has 0 aliphatic heterocycles. The summed E-state index contributed by atoms with van der Waals surface area (Å²) in [5, 5.41) is 7.22. The Hall–Kier alpha value is -2.67. The molecule has 0 aliphatic rings. The Bertz CT molecular complexity index is 893. The van der Waals surface area contributed by atoms with Crippen LogP contribution in [0.4, 0.5) is 0 Å². The molecule has 1 amide bonds. The fraction of sp³-hybridized carbons (Fsp3) is 0.250. The monoisotopic (exact) mass is 345 g/mol. The van der Waals surface area contributed by atoms with Crippen molar-refractivity contribution in [2.45, 2.75) is 20.4 Å². The van der Waals surface area contributed by atoms with Gasteiger partial charge in [0.05, 0.1) is 6.61 Å². The Labute approximate surface area is 143 Å². The lowest BCUT2D eigenvalue weighted by Gasteiger charge is -2.09. The quantitative estimate of drug-likeness (QED) is 0.768. The maximum absolute atomic E-state index is 12.4. The first-order chi connectivity index (χ1) is 11.6. The Morgan fingerprint density at radius 1 is 1.42 bits per heavy atom. The molecule has 0 aromatic carbocycles. The summed E-state index contributed by atoms with van der Waals surface area (Å²) in [6.07, 6.45) is 5.08. The molecule has 3 aromatic rings. The van der Waals surface area contributed by atoms with Gasteiger partial charge in [0.25, 0.3) is 5.91 Å². The van der Waals surface area contributed by atoms with Gasteiger partial charge in [0.1, 0.15) is 5.02 Å². The van der Waals surface area contributed by atoms with Crippen molar-refractivity contribution in [3.63, 3.8) is 0 Å². The van der Waals surface area contributed by atoms with E-state index in [1.165, 1.54) is 4.52 Å². The van der Waals surface area contributed by atoms with Gasteiger partial charge in [0, 0.05) is 30.7 Å². The first kappa shape index (κ1) is 16.2. The summed E-state index contributed by atoms with van der Waals surface area (Å²) in [6, 6.07) is 3.63. The molecule has 0 atom stereocenters. The van der Waals surface area contributed by atoms with Crippen LogP contribution in [0.25, 0.3) is 5.65 Å². The topological polar surface area (TPSA) is 81.4 Å². The second kappa shape index (κ2) is 6.84. The Balaban J connectivity index is 1.80. The smallest absolute Gasteiger partial charge is 0.273 e. The number of aryl methyl sites for hydroxylation is 1. The van der Waals surface area contributed by atoms with E-state index in [-0.39, 0.29) is 23.2 Å². The molecule has 124 valence electrons. The van der Waals surface area contributed by atoms with Crippen LogP contribution in [0, 0.1) is 6.92 Å². The molecule has 3 rings (SSSR count). The number of hydrogen-bond acceptors (Lipinski definition) is 5. The fourth-order valence-electron chi connectivity index (χ4n) is 2.23. The van der Waals surface area contributed by atoms with Crippen LogP contribution in [0.1, 0.15) is 28.5 Å². The normalized spacial score (nSPS) is 10.8. The van der Waals surface area contributed by atoms with Crippen LogP contribution >= 0.6 is 11.6 Å². The van der Waals surface area contributed by atoms with Crippen molar-refractivity contribution in [1.82, 2.24) is 24.9 Å². The van der Waals surface area contributed by atoms with Gasteiger partial charge in [-0.05, 0) is 25.5 Å². The molecule has 0 saturated heterocycles. The van der Waals surface area contributed by atoms with Crippen LogP contribution in [0.3, 0.4) is 0 Å². The number of nitrogens with zero attached hydrogens (tertiary/aromatic N) is 4. The highest BCUT2D eigenvalue weighted by atomic mass is 35.5. The van der Waals surface area contributed by atoms with E-state index < -0.39 is 0 Å².